The van der Waals surface area contributed by atoms with Gasteiger partial charge in [-0.2, -0.15) is 4.98 Å². The zero-order chi connectivity index (χ0) is 13.7. The maximum Gasteiger partial charge on any atom is 0.245 e. The van der Waals surface area contributed by atoms with Crippen LogP contribution in [-0.4, -0.2) is 32.9 Å². The van der Waals surface area contributed by atoms with Gasteiger partial charge in [0.2, 0.25) is 5.28 Å². The van der Waals surface area contributed by atoms with Crippen molar-refractivity contribution in [2.45, 2.75) is 12.5 Å². The molecule has 0 bridgehead atoms. The third-order valence-electron chi connectivity index (χ3n) is 2.51. The van der Waals surface area contributed by atoms with Gasteiger partial charge in [-0.1, -0.05) is 41.9 Å². The molecular weight excluding hydrogens is 287 g/mol. The molecule has 0 fully saturated rings. The molecule has 1 heterocycles. The third kappa shape index (κ3) is 4.02. The molecule has 2 rings (SSSR count). The predicted molar refractivity (Wildman–Crippen MR) is 74.5 cm³/mol. The highest BCUT2D eigenvalue weighted by atomic mass is 35.5. The summed E-state index contributed by atoms with van der Waals surface area (Å²) in [5.41, 5.74) is 1.10. The topological polar surface area (TPSA) is 70.9 Å². The highest BCUT2D eigenvalue weighted by Gasteiger charge is 2.13. The van der Waals surface area contributed by atoms with Crippen LogP contribution in [0.15, 0.2) is 30.3 Å². The van der Waals surface area contributed by atoms with Gasteiger partial charge < -0.3 is 10.4 Å². The standard InChI is InChI=1S/C12H12Cl2N4O/c13-10-11(16-12(14)18-17-10)15-9(7-19)6-8-4-2-1-3-5-8/h1-5,9,19H,6-7H2,(H,15,16,18). The van der Waals surface area contributed by atoms with Crippen LogP contribution in [0.1, 0.15) is 5.56 Å². The second-order valence-corrected chi connectivity index (χ2v) is 4.63. The number of hydrogen-bond acceptors (Lipinski definition) is 5. The maximum absolute atomic E-state index is 9.41. The van der Waals surface area contributed by atoms with Crippen molar-refractivity contribution < 1.29 is 5.11 Å². The molecule has 0 saturated heterocycles. The Morgan fingerprint density at radius 1 is 1.16 bits per heavy atom. The SMILES string of the molecule is OCC(Cc1ccccc1)Nc1nc(Cl)nnc1Cl. The Bertz CT molecular complexity index is 539. The van der Waals surface area contributed by atoms with E-state index in [-0.39, 0.29) is 23.1 Å². The number of benzene rings is 1. The third-order valence-corrected chi connectivity index (χ3v) is 2.92. The smallest absolute Gasteiger partial charge is 0.245 e. The lowest BCUT2D eigenvalue weighted by Gasteiger charge is -2.17. The zero-order valence-corrected chi connectivity index (χ0v) is 11.4. The number of nitrogens with one attached hydrogen (secondary N) is 1. The largest absolute Gasteiger partial charge is 0.394 e. The van der Waals surface area contributed by atoms with E-state index >= 15 is 0 Å². The van der Waals surface area contributed by atoms with Crippen molar-refractivity contribution in [2.24, 2.45) is 0 Å². The lowest BCUT2D eigenvalue weighted by Crippen LogP contribution is -2.27. The predicted octanol–water partition coefficient (Wildman–Crippen LogP) is 2.19. The van der Waals surface area contributed by atoms with Gasteiger partial charge in [-0.25, -0.2) is 0 Å². The van der Waals surface area contributed by atoms with Gasteiger partial charge in [0.25, 0.3) is 0 Å². The van der Waals surface area contributed by atoms with Crippen LogP contribution in [0.5, 0.6) is 0 Å². The van der Waals surface area contributed by atoms with E-state index in [9.17, 15) is 5.11 Å². The van der Waals surface area contributed by atoms with E-state index in [2.05, 4.69) is 20.5 Å². The Hall–Kier alpha value is -1.43. The number of aliphatic hydroxyl groups is 1. The maximum atomic E-state index is 9.41. The van der Waals surface area contributed by atoms with Crippen LogP contribution in [0.2, 0.25) is 10.4 Å². The average molecular weight is 299 g/mol. The van der Waals surface area contributed by atoms with Crippen molar-refractivity contribution in [3.8, 4) is 0 Å². The van der Waals surface area contributed by atoms with Crippen LogP contribution < -0.4 is 5.32 Å². The minimum Gasteiger partial charge on any atom is -0.394 e. The highest BCUT2D eigenvalue weighted by Crippen LogP contribution is 2.18. The molecule has 19 heavy (non-hydrogen) atoms. The Morgan fingerprint density at radius 2 is 1.89 bits per heavy atom. The second kappa shape index (κ2) is 6.65. The number of aromatic nitrogens is 3. The second-order valence-electron chi connectivity index (χ2n) is 3.93. The molecule has 7 heteroatoms. The van der Waals surface area contributed by atoms with Crippen molar-refractivity contribution in [3.05, 3.63) is 46.3 Å². The van der Waals surface area contributed by atoms with Crippen molar-refractivity contribution in [1.29, 1.82) is 0 Å². The van der Waals surface area contributed by atoms with Crippen molar-refractivity contribution in [3.63, 3.8) is 0 Å². The van der Waals surface area contributed by atoms with Gasteiger partial charge in [0.15, 0.2) is 11.0 Å². The number of nitrogens with zero attached hydrogens (tertiary/aromatic N) is 3. The first-order chi connectivity index (χ1) is 9.19. The molecule has 0 saturated carbocycles. The molecule has 0 radical (unpaired) electrons. The molecule has 0 aliphatic carbocycles. The summed E-state index contributed by atoms with van der Waals surface area (Å²) in [6.45, 7) is -0.0627. The minimum absolute atomic E-state index is 0.00306. The van der Waals surface area contributed by atoms with E-state index in [4.69, 9.17) is 23.2 Å². The Morgan fingerprint density at radius 3 is 2.58 bits per heavy atom. The number of halogens is 2. The van der Waals surface area contributed by atoms with Gasteiger partial charge in [0.05, 0.1) is 12.6 Å². The molecule has 5 nitrogen and oxygen atoms in total. The van der Waals surface area contributed by atoms with E-state index in [1.807, 2.05) is 30.3 Å². The van der Waals surface area contributed by atoms with Gasteiger partial charge in [-0.3, -0.25) is 0 Å². The quantitative estimate of drug-likeness (QED) is 0.885. The molecule has 1 aromatic heterocycles. The molecule has 0 spiro atoms. The monoisotopic (exact) mass is 298 g/mol. The summed E-state index contributed by atoms with van der Waals surface area (Å²) < 4.78 is 0. The molecule has 1 atom stereocenters. The number of anilines is 1. The van der Waals surface area contributed by atoms with Crippen LogP contribution >= 0.6 is 23.2 Å². The fourth-order valence-electron chi connectivity index (χ4n) is 1.64. The van der Waals surface area contributed by atoms with Crippen LogP contribution in [0, 0.1) is 0 Å². The number of hydrogen-bond donors (Lipinski definition) is 2. The molecule has 2 N–H and O–H groups in total. The summed E-state index contributed by atoms with van der Waals surface area (Å²) in [6.07, 6.45) is 0.634. The lowest BCUT2D eigenvalue weighted by atomic mass is 10.1. The van der Waals surface area contributed by atoms with Crippen LogP contribution in [-0.2, 0) is 6.42 Å². The first kappa shape index (κ1) is 14.0. The van der Waals surface area contributed by atoms with Crippen molar-refractivity contribution >= 4 is 29.0 Å². The summed E-state index contributed by atoms with van der Waals surface area (Å²) in [6, 6.07) is 9.57. The van der Waals surface area contributed by atoms with Crippen molar-refractivity contribution in [2.75, 3.05) is 11.9 Å². The van der Waals surface area contributed by atoms with E-state index < -0.39 is 0 Å². The van der Waals surface area contributed by atoms with Crippen LogP contribution in [0.4, 0.5) is 5.82 Å². The van der Waals surface area contributed by atoms with Gasteiger partial charge in [-0.15, -0.1) is 10.2 Å². The van der Waals surface area contributed by atoms with E-state index in [1.165, 1.54) is 0 Å². The first-order valence-electron chi connectivity index (χ1n) is 5.66. The molecule has 1 unspecified atom stereocenters. The summed E-state index contributed by atoms with van der Waals surface area (Å²) >= 11 is 11.5. The summed E-state index contributed by atoms with van der Waals surface area (Å²) in [5.74, 6) is 0.316. The van der Waals surface area contributed by atoms with E-state index in [1.54, 1.807) is 0 Å². The minimum atomic E-state index is -0.229. The number of aliphatic hydroxyl groups excluding tert-OH is 1. The van der Waals surface area contributed by atoms with Crippen LogP contribution in [0.3, 0.4) is 0 Å². The molecule has 100 valence electrons. The van der Waals surface area contributed by atoms with Gasteiger partial charge >= 0.3 is 0 Å². The molecule has 0 aliphatic rings. The van der Waals surface area contributed by atoms with Gasteiger partial charge in [0.1, 0.15) is 0 Å². The summed E-state index contributed by atoms with van der Waals surface area (Å²) in [7, 11) is 0. The molecule has 2 aromatic rings. The van der Waals surface area contributed by atoms with Gasteiger partial charge in [-0.05, 0) is 23.6 Å². The summed E-state index contributed by atoms with van der Waals surface area (Å²) in [5, 5.41) is 19.7. The molecule has 1 aromatic carbocycles. The first-order valence-corrected chi connectivity index (χ1v) is 6.41. The Labute approximate surface area is 120 Å². The van der Waals surface area contributed by atoms with Crippen molar-refractivity contribution in [1.82, 2.24) is 15.2 Å². The van der Waals surface area contributed by atoms with Gasteiger partial charge in [0, 0.05) is 0 Å². The van der Waals surface area contributed by atoms with Crippen LogP contribution in [0.25, 0.3) is 0 Å². The Balaban J connectivity index is 2.09. The average Bonchev–Trinajstić information content (AvgIpc) is 2.43. The molecule has 0 amide bonds. The Kier molecular flexibility index (Phi) is 4.90. The fraction of sp³-hybridized carbons (Fsp3) is 0.250. The zero-order valence-electron chi connectivity index (χ0n) is 9.92. The van der Waals surface area contributed by atoms with E-state index in [0.717, 1.165) is 5.56 Å². The number of rotatable bonds is 5. The fourth-order valence-corrected chi connectivity index (χ4v) is 1.90. The molecular formula is C12H12Cl2N4O. The normalized spacial score (nSPS) is 12.2. The highest BCUT2D eigenvalue weighted by molar-refractivity contribution is 6.32. The lowest BCUT2D eigenvalue weighted by molar-refractivity contribution is 0.273. The van der Waals surface area contributed by atoms with E-state index in [0.29, 0.717) is 12.2 Å². The molecule has 0 aliphatic heterocycles. The summed E-state index contributed by atoms with van der Waals surface area (Å²) in [4.78, 5) is 3.94.